The number of rotatable bonds is 14. The Morgan fingerprint density at radius 2 is 1.64 bits per heavy atom. The Labute approximate surface area is 152 Å². The molecule has 0 unspecified atom stereocenters. The molecule has 0 amide bonds. The van der Waals surface area contributed by atoms with Gasteiger partial charge in [0.15, 0.2) is 0 Å². The highest BCUT2D eigenvalue weighted by molar-refractivity contribution is 5.69. The first-order chi connectivity index (χ1) is 12.1. The summed E-state index contributed by atoms with van der Waals surface area (Å²) >= 11 is 0. The maximum atomic E-state index is 10.9. The molecule has 0 aromatic rings. The largest absolute Gasteiger partial charge is 0.469 e. The van der Waals surface area contributed by atoms with E-state index >= 15 is 0 Å². The number of hydrogen-bond acceptors (Lipinski definition) is 4. The molecular weight excluding hydrogens is 316 g/mol. The Morgan fingerprint density at radius 3 is 2.28 bits per heavy atom. The number of esters is 1. The summed E-state index contributed by atoms with van der Waals surface area (Å²) in [6.07, 6.45) is 20.5. The fourth-order valence-electron chi connectivity index (χ4n) is 2.11. The average molecular weight is 350 g/mol. The van der Waals surface area contributed by atoms with Gasteiger partial charge in [-0.2, -0.15) is 0 Å². The van der Waals surface area contributed by atoms with Crippen molar-refractivity contribution < 1.29 is 19.7 Å². The van der Waals surface area contributed by atoms with E-state index in [-0.39, 0.29) is 12.1 Å². The average Bonchev–Trinajstić information content (AvgIpc) is 2.60. The Balaban J connectivity index is 3.80. The van der Waals surface area contributed by atoms with Gasteiger partial charge in [-0.25, -0.2) is 0 Å². The predicted molar refractivity (Wildman–Crippen MR) is 103 cm³/mol. The maximum Gasteiger partial charge on any atom is 0.305 e. The van der Waals surface area contributed by atoms with Gasteiger partial charge in [-0.3, -0.25) is 4.79 Å². The number of carbonyl (C=O) groups is 1. The molecule has 0 fully saturated rings. The van der Waals surface area contributed by atoms with Crippen LogP contribution >= 0.6 is 0 Å². The highest BCUT2D eigenvalue weighted by atomic mass is 16.5. The number of aliphatic hydroxyl groups excluding tert-OH is 2. The molecule has 2 N–H and O–H groups in total. The zero-order valence-electron chi connectivity index (χ0n) is 15.6. The summed E-state index contributed by atoms with van der Waals surface area (Å²) in [6.45, 7) is 2.15. The van der Waals surface area contributed by atoms with E-state index in [0.717, 1.165) is 38.5 Å². The third-order valence-electron chi connectivity index (χ3n) is 3.63. The van der Waals surface area contributed by atoms with Gasteiger partial charge in [0.25, 0.3) is 0 Å². The summed E-state index contributed by atoms with van der Waals surface area (Å²) in [5, 5.41) is 19.5. The summed E-state index contributed by atoms with van der Waals surface area (Å²) in [6, 6.07) is 0. The van der Waals surface area contributed by atoms with Crippen LogP contribution in [0.4, 0.5) is 0 Å². The second-order valence-electron chi connectivity index (χ2n) is 5.96. The molecule has 142 valence electrons. The molecular formula is C21H34O4. The van der Waals surface area contributed by atoms with Crippen LogP contribution in [-0.4, -0.2) is 35.5 Å². The van der Waals surface area contributed by atoms with Crippen molar-refractivity contribution in [3.8, 4) is 0 Å². The second kappa shape index (κ2) is 17.2. The van der Waals surface area contributed by atoms with Crippen molar-refractivity contribution in [2.45, 2.75) is 70.5 Å². The molecule has 0 heterocycles. The van der Waals surface area contributed by atoms with Gasteiger partial charge in [-0.15, -0.1) is 0 Å². The lowest BCUT2D eigenvalue weighted by atomic mass is 10.1. The third kappa shape index (κ3) is 17.0. The molecule has 0 saturated carbocycles. The lowest BCUT2D eigenvalue weighted by molar-refractivity contribution is -0.140. The zero-order valence-corrected chi connectivity index (χ0v) is 15.6. The van der Waals surface area contributed by atoms with E-state index < -0.39 is 6.10 Å². The van der Waals surface area contributed by atoms with Crippen molar-refractivity contribution >= 4 is 5.97 Å². The minimum Gasteiger partial charge on any atom is -0.469 e. The number of ether oxygens (including phenoxy) is 1. The zero-order chi connectivity index (χ0) is 18.8. The van der Waals surface area contributed by atoms with Crippen LogP contribution in [-0.2, 0) is 9.53 Å². The summed E-state index contributed by atoms with van der Waals surface area (Å²) in [7, 11) is 1.39. The van der Waals surface area contributed by atoms with Gasteiger partial charge in [0.05, 0.1) is 19.3 Å². The van der Waals surface area contributed by atoms with Gasteiger partial charge in [0, 0.05) is 6.42 Å². The van der Waals surface area contributed by atoms with E-state index in [2.05, 4.69) is 11.7 Å². The number of aliphatic hydroxyl groups is 2. The van der Waals surface area contributed by atoms with Gasteiger partial charge in [-0.05, 0) is 25.7 Å². The molecule has 4 heteroatoms. The summed E-state index contributed by atoms with van der Waals surface area (Å²) in [5.74, 6) is -0.189. The Kier molecular flexibility index (Phi) is 16.0. The van der Waals surface area contributed by atoms with E-state index in [1.807, 2.05) is 30.4 Å². The molecule has 0 bridgehead atoms. The van der Waals surface area contributed by atoms with E-state index in [9.17, 15) is 15.0 Å². The van der Waals surface area contributed by atoms with Crippen LogP contribution in [0.2, 0.25) is 0 Å². The van der Waals surface area contributed by atoms with Crippen LogP contribution < -0.4 is 0 Å². The SMILES string of the molecule is CCCCC[C@H](O)C=CC=CC=C[C@@H](O)CC=CCCCC(=O)OC. The first kappa shape index (κ1) is 23.4. The van der Waals surface area contributed by atoms with Crippen LogP contribution in [0.3, 0.4) is 0 Å². The Hall–Kier alpha value is -1.65. The van der Waals surface area contributed by atoms with Gasteiger partial charge in [-0.1, -0.05) is 74.8 Å². The number of methoxy groups -OCH3 is 1. The molecule has 0 aromatic carbocycles. The van der Waals surface area contributed by atoms with Crippen molar-refractivity contribution in [2.75, 3.05) is 7.11 Å². The van der Waals surface area contributed by atoms with E-state index in [4.69, 9.17) is 0 Å². The van der Waals surface area contributed by atoms with Gasteiger partial charge in [0.2, 0.25) is 0 Å². The highest BCUT2D eigenvalue weighted by Crippen LogP contribution is 2.04. The van der Waals surface area contributed by atoms with Gasteiger partial charge >= 0.3 is 5.97 Å². The van der Waals surface area contributed by atoms with Crippen LogP contribution in [0.15, 0.2) is 48.6 Å². The number of hydrogen-bond donors (Lipinski definition) is 2. The fourth-order valence-corrected chi connectivity index (χ4v) is 2.11. The smallest absolute Gasteiger partial charge is 0.305 e. The predicted octanol–water partition coefficient (Wildman–Crippen LogP) is 4.25. The van der Waals surface area contributed by atoms with Crippen molar-refractivity contribution in [1.82, 2.24) is 0 Å². The molecule has 0 spiro atoms. The quantitative estimate of drug-likeness (QED) is 0.213. The number of carbonyl (C=O) groups excluding carboxylic acids is 1. The van der Waals surface area contributed by atoms with Crippen LogP contribution in [0.1, 0.15) is 58.3 Å². The highest BCUT2D eigenvalue weighted by Gasteiger charge is 1.98. The molecule has 4 nitrogen and oxygen atoms in total. The summed E-state index contributed by atoms with van der Waals surface area (Å²) < 4.78 is 4.56. The van der Waals surface area contributed by atoms with Crippen LogP contribution in [0.5, 0.6) is 0 Å². The molecule has 0 aromatic heterocycles. The molecule has 0 rings (SSSR count). The Bertz CT molecular complexity index is 435. The van der Waals surface area contributed by atoms with Crippen molar-refractivity contribution in [3.63, 3.8) is 0 Å². The number of unbranched alkanes of at least 4 members (excludes halogenated alkanes) is 3. The molecule has 0 aliphatic heterocycles. The third-order valence-corrected chi connectivity index (χ3v) is 3.63. The molecule has 25 heavy (non-hydrogen) atoms. The molecule has 0 saturated heterocycles. The monoisotopic (exact) mass is 350 g/mol. The molecule has 2 atom stereocenters. The number of allylic oxidation sites excluding steroid dienone is 5. The molecule has 0 radical (unpaired) electrons. The summed E-state index contributed by atoms with van der Waals surface area (Å²) in [5.41, 5.74) is 0. The Morgan fingerprint density at radius 1 is 0.960 bits per heavy atom. The lowest BCUT2D eigenvalue weighted by Gasteiger charge is -2.02. The van der Waals surface area contributed by atoms with Crippen LogP contribution in [0, 0.1) is 0 Å². The van der Waals surface area contributed by atoms with E-state index in [1.54, 1.807) is 18.2 Å². The fraction of sp³-hybridized carbons (Fsp3) is 0.571. The van der Waals surface area contributed by atoms with E-state index in [0.29, 0.717) is 12.8 Å². The van der Waals surface area contributed by atoms with Crippen LogP contribution in [0.25, 0.3) is 0 Å². The first-order valence-corrected chi connectivity index (χ1v) is 9.19. The second-order valence-corrected chi connectivity index (χ2v) is 5.96. The normalized spacial score (nSPS) is 14.9. The first-order valence-electron chi connectivity index (χ1n) is 9.19. The molecule has 0 aliphatic rings. The van der Waals surface area contributed by atoms with Crippen molar-refractivity contribution in [1.29, 1.82) is 0 Å². The minimum atomic E-state index is -0.523. The summed E-state index contributed by atoms with van der Waals surface area (Å²) in [4.78, 5) is 10.9. The van der Waals surface area contributed by atoms with Crippen molar-refractivity contribution in [2.24, 2.45) is 0 Å². The standard InChI is InChI=1S/C21H34O4/c1-3-4-9-14-19(22)15-10-5-6-11-16-20(23)17-12-7-8-13-18-21(24)25-2/h5-7,10-12,15-16,19-20,22-23H,3-4,8-9,13-14,17-18H2,1-2H3/t19-,20+/m0/s1. The topological polar surface area (TPSA) is 66.8 Å². The lowest BCUT2D eigenvalue weighted by Crippen LogP contribution is -2.00. The van der Waals surface area contributed by atoms with E-state index in [1.165, 1.54) is 7.11 Å². The van der Waals surface area contributed by atoms with Gasteiger partial charge in [0.1, 0.15) is 0 Å². The van der Waals surface area contributed by atoms with Crippen molar-refractivity contribution in [3.05, 3.63) is 48.6 Å². The minimum absolute atomic E-state index is 0.189. The van der Waals surface area contributed by atoms with Gasteiger partial charge < -0.3 is 14.9 Å². The maximum absolute atomic E-state index is 10.9. The molecule has 0 aliphatic carbocycles.